The average molecular weight is 240 g/mol. The van der Waals surface area contributed by atoms with E-state index in [9.17, 15) is 14.4 Å². The van der Waals surface area contributed by atoms with Gasteiger partial charge in [0.1, 0.15) is 0 Å². The lowest BCUT2D eigenvalue weighted by atomic mass is 10.2. The quantitative estimate of drug-likeness (QED) is 0.605. The molecule has 1 rings (SSSR count). The molecule has 3 N–H and O–H groups in total. The van der Waals surface area contributed by atoms with Crippen LogP contribution in [0, 0.1) is 0 Å². The Morgan fingerprint density at radius 2 is 1.65 bits per heavy atom. The minimum Gasteiger partial charge on any atom is -0.481 e. The van der Waals surface area contributed by atoms with Gasteiger partial charge < -0.3 is 15.3 Å². The Morgan fingerprint density at radius 1 is 1.06 bits per heavy atom. The molecule has 0 aromatic heterocycles. The second-order valence-corrected chi connectivity index (χ2v) is 3.02. The highest BCUT2D eigenvalue weighted by molar-refractivity contribution is 5.97. The summed E-state index contributed by atoms with van der Waals surface area (Å²) in [5, 5.41) is 8.32. The fourth-order valence-electron chi connectivity index (χ4n) is 0.997. The topological polar surface area (TPSA) is 112 Å². The van der Waals surface area contributed by atoms with E-state index in [-0.39, 0.29) is 23.9 Å². The van der Waals surface area contributed by atoms with Crippen molar-refractivity contribution >= 4 is 17.9 Å². The van der Waals surface area contributed by atoms with Crippen molar-refractivity contribution in [1.29, 1.82) is 0 Å². The van der Waals surface area contributed by atoms with Crippen LogP contribution in [0.15, 0.2) is 30.3 Å². The summed E-state index contributed by atoms with van der Waals surface area (Å²) >= 11 is 0. The Hall–Kier alpha value is -2.21. The molecule has 17 heavy (non-hydrogen) atoms. The zero-order valence-electron chi connectivity index (χ0n) is 8.88. The van der Waals surface area contributed by atoms with Gasteiger partial charge in [0.2, 0.25) is 0 Å². The minimum absolute atomic E-state index is 0. The zero-order valence-corrected chi connectivity index (χ0v) is 8.88. The summed E-state index contributed by atoms with van der Waals surface area (Å²) in [6.45, 7) is 0. The zero-order chi connectivity index (χ0) is 12.0. The number of aliphatic carboxylic acids is 1. The van der Waals surface area contributed by atoms with Crippen LogP contribution in [-0.2, 0) is 14.3 Å². The van der Waals surface area contributed by atoms with E-state index in [1.165, 1.54) is 12.1 Å². The van der Waals surface area contributed by atoms with Crippen LogP contribution in [0.5, 0.6) is 0 Å². The molecule has 0 saturated heterocycles. The Bertz CT molecular complexity index is 398. The van der Waals surface area contributed by atoms with Gasteiger partial charge in [0.15, 0.2) is 0 Å². The van der Waals surface area contributed by atoms with Gasteiger partial charge in [0.05, 0.1) is 18.4 Å². The van der Waals surface area contributed by atoms with E-state index >= 15 is 0 Å². The molecule has 0 saturated carbocycles. The second-order valence-electron chi connectivity index (χ2n) is 3.02. The first kappa shape index (κ1) is 14.8. The van der Waals surface area contributed by atoms with Crippen LogP contribution in [0.4, 0.5) is 0 Å². The molecule has 0 amide bonds. The molecule has 92 valence electrons. The van der Waals surface area contributed by atoms with Crippen molar-refractivity contribution in [3.05, 3.63) is 35.9 Å². The molecule has 1 aromatic carbocycles. The lowest BCUT2D eigenvalue weighted by molar-refractivity contribution is -0.144. The van der Waals surface area contributed by atoms with Crippen LogP contribution in [0.1, 0.15) is 23.2 Å². The number of carbonyl (C=O) groups excluding carboxylic acids is 2. The molecule has 6 nitrogen and oxygen atoms in total. The third-order valence-corrected chi connectivity index (χ3v) is 1.76. The van der Waals surface area contributed by atoms with Gasteiger partial charge >= 0.3 is 17.9 Å². The third-order valence-electron chi connectivity index (χ3n) is 1.76. The van der Waals surface area contributed by atoms with Gasteiger partial charge in [-0.2, -0.15) is 0 Å². The van der Waals surface area contributed by atoms with Gasteiger partial charge in [-0.3, -0.25) is 9.59 Å². The number of carboxylic acids is 1. The average Bonchev–Trinajstić information content (AvgIpc) is 2.27. The molecular formula is C11H12O6. The number of esters is 2. The van der Waals surface area contributed by atoms with Crippen molar-refractivity contribution in [3.8, 4) is 0 Å². The molecule has 0 unspecified atom stereocenters. The van der Waals surface area contributed by atoms with Crippen molar-refractivity contribution in [3.63, 3.8) is 0 Å². The Balaban J connectivity index is 0.00000256. The van der Waals surface area contributed by atoms with E-state index in [4.69, 9.17) is 5.11 Å². The molecule has 0 heterocycles. The lowest BCUT2D eigenvalue weighted by Crippen LogP contribution is -2.13. The molecule has 0 aliphatic heterocycles. The van der Waals surface area contributed by atoms with Gasteiger partial charge in [-0.25, -0.2) is 4.79 Å². The summed E-state index contributed by atoms with van der Waals surface area (Å²) in [6, 6.07) is 8.01. The summed E-state index contributed by atoms with van der Waals surface area (Å²) in [5.74, 6) is -2.71. The van der Waals surface area contributed by atoms with E-state index in [1.54, 1.807) is 18.2 Å². The Morgan fingerprint density at radius 3 is 2.18 bits per heavy atom. The maximum absolute atomic E-state index is 11.3. The van der Waals surface area contributed by atoms with Crippen molar-refractivity contribution in [1.82, 2.24) is 0 Å². The van der Waals surface area contributed by atoms with E-state index < -0.39 is 17.9 Å². The van der Waals surface area contributed by atoms with Gasteiger partial charge in [-0.1, -0.05) is 18.2 Å². The number of ether oxygens (including phenoxy) is 1. The largest absolute Gasteiger partial charge is 0.481 e. The maximum atomic E-state index is 11.3. The number of carboxylic acid groups (broad SMARTS) is 1. The monoisotopic (exact) mass is 240 g/mol. The second kappa shape index (κ2) is 7.13. The number of carbonyl (C=O) groups is 3. The molecule has 0 spiro atoms. The van der Waals surface area contributed by atoms with Crippen LogP contribution in [0.25, 0.3) is 0 Å². The first-order valence-electron chi connectivity index (χ1n) is 4.61. The number of benzene rings is 1. The molecule has 0 aliphatic carbocycles. The molecule has 0 fully saturated rings. The lowest BCUT2D eigenvalue weighted by Gasteiger charge is -2.01. The Kier molecular flexibility index (Phi) is 6.20. The van der Waals surface area contributed by atoms with Crippen LogP contribution < -0.4 is 0 Å². The normalized spacial score (nSPS) is 8.94. The van der Waals surface area contributed by atoms with Gasteiger partial charge in [-0.15, -0.1) is 0 Å². The molecule has 1 aromatic rings. The van der Waals surface area contributed by atoms with Crippen molar-refractivity contribution in [2.75, 3.05) is 0 Å². The summed E-state index contributed by atoms with van der Waals surface area (Å²) in [6.07, 6.45) is -0.658. The smallest absolute Gasteiger partial charge is 0.345 e. The first-order chi connectivity index (χ1) is 7.59. The minimum atomic E-state index is -1.11. The van der Waals surface area contributed by atoms with E-state index in [1.807, 2.05) is 0 Å². The number of hydrogen-bond donors (Lipinski definition) is 1. The molecular weight excluding hydrogens is 228 g/mol. The number of rotatable bonds is 4. The van der Waals surface area contributed by atoms with Crippen molar-refractivity contribution in [2.24, 2.45) is 0 Å². The van der Waals surface area contributed by atoms with Gasteiger partial charge in [0.25, 0.3) is 0 Å². The molecule has 0 atom stereocenters. The molecule has 0 radical (unpaired) electrons. The fraction of sp³-hybridized carbons (Fsp3) is 0.182. The fourth-order valence-corrected chi connectivity index (χ4v) is 0.997. The highest BCUT2D eigenvalue weighted by atomic mass is 16.6. The standard InChI is InChI=1S/C11H10O5.H2O/c12-9(13)6-7-10(14)16-11(15)8-4-2-1-3-5-8;/h1-5H,6-7H2,(H,12,13);1H2. The van der Waals surface area contributed by atoms with Crippen LogP contribution in [0.3, 0.4) is 0 Å². The highest BCUT2D eigenvalue weighted by Crippen LogP contribution is 2.03. The van der Waals surface area contributed by atoms with E-state index in [0.29, 0.717) is 0 Å². The summed E-state index contributed by atoms with van der Waals surface area (Å²) in [5.41, 5.74) is 0.256. The predicted octanol–water partition coefficient (Wildman–Crippen LogP) is 0.410. The van der Waals surface area contributed by atoms with Crippen LogP contribution in [0.2, 0.25) is 0 Å². The van der Waals surface area contributed by atoms with E-state index in [2.05, 4.69) is 4.74 Å². The van der Waals surface area contributed by atoms with E-state index in [0.717, 1.165) is 0 Å². The number of hydrogen-bond acceptors (Lipinski definition) is 4. The van der Waals surface area contributed by atoms with Crippen LogP contribution in [-0.4, -0.2) is 28.5 Å². The van der Waals surface area contributed by atoms with Crippen LogP contribution >= 0.6 is 0 Å². The first-order valence-corrected chi connectivity index (χ1v) is 4.61. The van der Waals surface area contributed by atoms with Gasteiger partial charge in [0, 0.05) is 0 Å². The summed E-state index contributed by atoms with van der Waals surface area (Å²) < 4.78 is 4.45. The van der Waals surface area contributed by atoms with Crippen molar-refractivity contribution < 1.29 is 29.7 Å². The summed E-state index contributed by atoms with van der Waals surface area (Å²) in [4.78, 5) is 32.5. The SMILES string of the molecule is O.O=C(O)CCC(=O)OC(=O)c1ccccc1. The van der Waals surface area contributed by atoms with Crippen molar-refractivity contribution in [2.45, 2.75) is 12.8 Å². The highest BCUT2D eigenvalue weighted by Gasteiger charge is 2.13. The maximum Gasteiger partial charge on any atom is 0.345 e. The molecule has 6 heteroatoms. The Labute approximate surface area is 97.1 Å². The third kappa shape index (κ3) is 5.43. The van der Waals surface area contributed by atoms with Gasteiger partial charge in [-0.05, 0) is 12.1 Å². The molecule has 0 bridgehead atoms. The molecule has 0 aliphatic rings. The summed E-state index contributed by atoms with van der Waals surface area (Å²) in [7, 11) is 0. The predicted molar refractivity (Wildman–Crippen MR) is 57.3 cm³/mol.